The molecule has 1 unspecified atom stereocenters. The molecule has 32 heavy (non-hydrogen) atoms. The summed E-state index contributed by atoms with van der Waals surface area (Å²) in [6.07, 6.45) is -4.33. The number of nitrogens with one attached hydrogen (secondary N) is 1. The van der Waals surface area contributed by atoms with E-state index < -0.39 is 34.4 Å². The van der Waals surface area contributed by atoms with E-state index in [0.717, 1.165) is 17.7 Å². The molecule has 0 fully saturated rings. The minimum absolute atomic E-state index is 0.00113. The number of halogens is 3. The molecular formula is C22H20F3N3O4. The highest BCUT2D eigenvalue weighted by Crippen LogP contribution is 2.39. The second kappa shape index (κ2) is 9.21. The normalized spacial score (nSPS) is 16.6. The Labute approximate surface area is 181 Å². The molecule has 168 valence electrons. The maximum atomic E-state index is 13.2. The molecule has 0 aliphatic carbocycles. The number of carbonyl (C=O) groups excluding carboxylic acids is 1. The predicted octanol–water partition coefficient (Wildman–Crippen LogP) is 4.36. The van der Waals surface area contributed by atoms with Crippen LogP contribution in [0.4, 0.5) is 13.2 Å². The van der Waals surface area contributed by atoms with Crippen molar-refractivity contribution in [2.45, 2.75) is 32.4 Å². The van der Waals surface area contributed by atoms with Crippen molar-refractivity contribution in [3.8, 4) is 0 Å². The van der Waals surface area contributed by atoms with Gasteiger partial charge in [-0.2, -0.15) is 13.2 Å². The van der Waals surface area contributed by atoms with Gasteiger partial charge in [0.05, 0.1) is 28.5 Å². The summed E-state index contributed by atoms with van der Waals surface area (Å²) in [5, 5.41) is 14.5. The Balaban J connectivity index is 1.96. The van der Waals surface area contributed by atoms with E-state index in [2.05, 4.69) is 10.3 Å². The van der Waals surface area contributed by atoms with Crippen LogP contribution in [0.5, 0.6) is 0 Å². The van der Waals surface area contributed by atoms with Gasteiger partial charge in [0.25, 0.3) is 5.70 Å². The average Bonchev–Trinajstić information content (AvgIpc) is 2.73. The molecule has 0 saturated heterocycles. The number of esters is 1. The predicted molar refractivity (Wildman–Crippen MR) is 109 cm³/mol. The highest BCUT2D eigenvalue weighted by atomic mass is 19.4. The Morgan fingerprint density at radius 3 is 2.44 bits per heavy atom. The van der Waals surface area contributed by atoms with Gasteiger partial charge in [0.15, 0.2) is 0 Å². The Morgan fingerprint density at radius 2 is 1.81 bits per heavy atom. The van der Waals surface area contributed by atoms with Crippen LogP contribution in [0.3, 0.4) is 0 Å². The Hall–Kier alpha value is -3.69. The van der Waals surface area contributed by atoms with Crippen LogP contribution in [0.1, 0.15) is 36.7 Å². The number of hydrogen-bond donors (Lipinski definition) is 1. The number of benzene rings is 1. The van der Waals surface area contributed by atoms with Gasteiger partial charge in [-0.1, -0.05) is 36.4 Å². The quantitative estimate of drug-likeness (QED) is 0.402. The second-order valence-corrected chi connectivity index (χ2v) is 7.18. The molecule has 0 radical (unpaired) electrons. The van der Waals surface area contributed by atoms with Crippen LogP contribution >= 0.6 is 0 Å². The average molecular weight is 447 g/mol. The fourth-order valence-electron chi connectivity index (χ4n) is 3.54. The molecule has 0 amide bonds. The van der Waals surface area contributed by atoms with Crippen LogP contribution in [0.25, 0.3) is 0 Å². The Morgan fingerprint density at radius 1 is 1.12 bits per heavy atom. The van der Waals surface area contributed by atoms with E-state index in [0.29, 0.717) is 6.42 Å². The molecule has 3 rings (SSSR count). The van der Waals surface area contributed by atoms with Gasteiger partial charge in [0.2, 0.25) is 0 Å². The molecule has 0 spiro atoms. The summed E-state index contributed by atoms with van der Waals surface area (Å²) < 4.78 is 44.9. The van der Waals surface area contributed by atoms with Gasteiger partial charge in [0, 0.05) is 12.1 Å². The van der Waals surface area contributed by atoms with Crippen LogP contribution in [-0.2, 0) is 22.1 Å². The van der Waals surface area contributed by atoms with E-state index in [1.807, 2.05) is 30.3 Å². The lowest BCUT2D eigenvalue weighted by Crippen LogP contribution is -2.32. The molecular weight excluding hydrogens is 427 g/mol. The molecule has 0 saturated carbocycles. The smallest absolute Gasteiger partial charge is 0.433 e. The topological polar surface area (TPSA) is 94.4 Å². The van der Waals surface area contributed by atoms with Gasteiger partial charge in [0.1, 0.15) is 11.6 Å². The minimum atomic E-state index is -4.74. The van der Waals surface area contributed by atoms with Crippen molar-refractivity contribution in [3.63, 3.8) is 0 Å². The molecule has 1 aromatic heterocycles. The van der Waals surface area contributed by atoms with E-state index in [9.17, 15) is 28.1 Å². The Kier molecular flexibility index (Phi) is 6.61. The summed E-state index contributed by atoms with van der Waals surface area (Å²) in [6, 6.07) is 12.3. The number of pyridine rings is 1. The van der Waals surface area contributed by atoms with Gasteiger partial charge in [-0.3, -0.25) is 10.1 Å². The lowest BCUT2D eigenvalue weighted by molar-refractivity contribution is -0.431. The van der Waals surface area contributed by atoms with Crippen molar-refractivity contribution in [1.29, 1.82) is 0 Å². The second-order valence-electron chi connectivity index (χ2n) is 7.18. The molecule has 2 heterocycles. The third-order valence-electron chi connectivity index (χ3n) is 4.97. The van der Waals surface area contributed by atoms with Crippen molar-refractivity contribution < 1.29 is 27.6 Å². The van der Waals surface area contributed by atoms with Gasteiger partial charge in [-0.15, -0.1) is 0 Å². The maximum absolute atomic E-state index is 13.2. The molecule has 1 atom stereocenters. The number of alkyl halides is 3. The largest absolute Gasteiger partial charge is 0.462 e. The van der Waals surface area contributed by atoms with Gasteiger partial charge >= 0.3 is 12.1 Å². The molecule has 1 aromatic carbocycles. The number of aromatic nitrogens is 1. The van der Waals surface area contributed by atoms with Crippen molar-refractivity contribution in [2.75, 3.05) is 6.61 Å². The number of rotatable bonds is 6. The number of allylic oxidation sites excluding steroid dienone is 3. The van der Waals surface area contributed by atoms with Crippen LogP contribution in [0.15, 0.2) is 71.2 Å². The van der Waals surface area contributed by atoms with Gasteiger partial charge < -0.3 is 10.1 Å². The monoisotopic (exact) mass is 447 g/mol. The molecule has 1 N–H and O–H groups in total. The van der Waals surface area contributed by atoms with E-state index >= 15 is 0 Å². The summed E-state index contributed by atoms with van der Waals surface area (Å²) in [4.78, 5) is 27.6. The number of ether oxygens (including phenoxy) is 1. The van der Waals surface area contributed by atoms with Crippen LogP contribution < -0.4 is 5.32 Å². The van der Waals surface area contributed by atoms with E-state index in [4.69, 9.17) is 4.74 Å². The fourth-order valence-corrected chi connectivity index (χ4v) is 3.54. The van der Waals surface area contributed by atoms with Crippen molar-refractivity contribution in [3.05, 3.63) is 98.3 Å². The highest BCUT2D eigenvalue weighted by Gasteiger charge is 2.43. The molecule has 1 aliphatic rings. The first-order valence-electron chi connectivity index (χ1n) is 9.67. The zero-order chi connectivity index (χ0) is 23.5. The van der Waals surface area contributed by atoms with Crippen LogP contribution in [0, 0.1) is 10.1 Å². The Bertz CT molecular complexity index is 1100. The lowest BCUT2D eigenvalue weighted by Gasteiger charge is -2.26. The molecule has 10 heteroatoms. The van der Waals surface area contributed by atoms with Crippen LogP contribution in [-0.4, -0.2) is 22.5 Å². The first-order chi connectivity index (χ1) is 15.1. The summed E-state index contributed by atoms with van der Waals surface area (Å²) in [5.41, 5.74) is -0.796. The molecule has 0 bridgehead atoms. The highest BCUT2D eigenvalue weighted by molar-refractivity contribution is 5.92. The molecule has 1 aliphatic heterocycles. The molecule has 7 nitrogen and oxygen atoms in total. The van der Waals surface area contributed by atoms with Crippen molar-refractivity contribution >= 4 is 5.97 Å². The summed E-state index contributed by atoms with van der Waals surface area (Å²) in [5.74, 6) is -2.28. The number of nitrogens with zero attached hydrogens (tertiary/aromatic N) is 2. The summed E-state index contributed by atoms with van der Waals surface area (Å²) in [6.45, 7) is 2.92. The first kappa shape index (κ1) is 23.0. The van der Waals surface area contributed by atoms with Gasteiger partial charge in [-0.25, -0.2) is 9.78 Å². The zero-order valence-electron chi connectivity index (χ0n) is 17.3. The number of carbonyl (C=O) groups is 1. The maximum Gasteiger partial charge on any atom is 0.433 e. The number of dihydropyridines is 1. The zero-order valence-corrected chi connectivity index (χ0v) is 17.3. The number of hydrogen-bond acceptors (Lipinski definition) is 6. The third kappa shape index (κ3) is 4.96. The van der Waals surface area contributed by atoms with Gasteiger partial charge in [-0.05, 0) is 31.5 Å². The van der Waals surface area contributed by atoms with E-state index in [-0.39, 0.29) is 29.3 Å². The SMILES string of the molecule is CC1=C(C(=O)OCCc2ccccc2)C(c2cccc(C(F)(F)F)n2)C([N+](=O)[O-])=C(C)N1. The van der Waals surface area contributed by atoms with Crippen molar-refractivity contribution in [1.82, 2.24) is 10.3 Å². The lowest BCUT2D eigenvalue weighted by atomic mass is 9.86. The summed E-state index contributed by atoms with van der Waals surface area (Å²) in [7, 11) is 0. The molecule has 2 aromatic rings. The van der Waals surface area contributed by atoms with E-state index in [1.165, 1.54) is 19.9 Å². The van der Waals surface area contributed by atoms with Crippen molar-refractivity contribution in [2.24, 2.45) is 0 Å². The third-order valence-corrected chi connectivity index (χ3v) is 4.97. The first-order valence-corrected chi connectivity index (χ1v) is 9.67. The summed E-state index contributed by atoms with van der Waals surface area (Å²) >= 11 is 0. The van der Waals surface area contributed by atoms with Crippen LogP contribution in [0.2, 0.25) is 0 Å². The number of nitro groups is 1. The minimum Gasteiger partial charge on any atom is -0.462 e. The fraction of sp³-hybridized carbons (Fsp3) is 0.273. The standard InChI is InChI=1S/C22H20F3N3O4/c1-13-18(21(29)32-12-11-15-7-4-3-5-8-15)19(20(28(30)31)14(2)26-13)16-9-6-10-17(27-16)22(23,24)25/h3-10,19,26H,11-12H2,1-2H3. The van der Waals surface area contributed by atoms with E-state index in [1.54, 1.807) is 0 Å².